The molecule has 12 heavy (non-hydrogen) atoms. The molecule has 1 heterocycles. The second-order valence-corrected chi connectivity index (χ2v) is 2.49. The van der Waals surface area contributed by atoms with Crippen LogP contribution in [0.4, 0.5) is 0 Å². The second kappa shape index (κ2) is 13.8. The first-order valence-electron chi connectivity index (χ1n) is 5.03. The van der Waals surface area contributed by atoms with Gasteiger partial charge in [-0.25, -0.2) is 0 Å². The minimum Gasteiger partial charge on any atom is -0.304 e. The molecular formula is C10H24ClN. The number of hydrogen-bond donors (Lipinski definition) is 0. The van der Waals surface area contributed by atoms with Crippen molar-refractivity contribution in [2.75, 3.05) is 26.0 Å². The first-order valence-corrected chi connectivity index (χ1v) is 5.79. The lowest BCUT2D eigenvalue weighted by atomic mass is 10.1. The van der Waals surface area contributed by atoms with Gasteiger partial charge < -0.3 is 4.90 Å². The summed E-state index contributed by atoms with van der Waals surface area (Å²) in [5.41, 5.74) is 0. The Balaban J connectivity index is 0. The summed E-state index contributed by atoms with van der Waals surface area (Å²) in [5, 5.41) is 0. The van der Waals surface area contributed by atoms with Crippen molar-refractivity contribution in [1.82, 2.24) is 4.90 Å². The third kappa shape index (κ3) is 8.35. The first-order chi connectivity index (χ1) is 5.93. The Kier molecular flexibility index (Phi) is 17.0. The molecule has 2 heteroatoms. The van der Waals surface area contributed by atoms with Gasteiger partial charge in [-0.15, -0.1) is 11.6 Å². The van der Waals surface area contributed by atoms with Crippen LogP contribution < -0.4 is 0 Å². The van der Waals surface area contributed by atoms with Gasteiger partial charge in [-0.2, -0.15) is 0 Å². The Morgan fingerprint density at radius 1 is 1.00 bits per heavy atom. The Morgan fingerprint density at radius 2 is 1.42 bits per heavy atom. The summed E-state index contributed by atoms with van der Waals surface area (Å²) < 4.78 is 0. The zero-order valence-electron chi connectivity index (χ0n) is 9.07. The zero-order valence-corrected chi connectivity index (χ0v) is 9.82. The summed E-state index contributed by atoms with van der Waals surface area (Å²) in [6.45, 7) is 10.2. The van der Waals surface area contributed by atoms with Gasteiger partial charge in [0, 0.05) is 6.38 Å². The molecule has 0 unspecified atom stereocenters. The van der Waals surface area contributed by atoms with Crippen LogP contribution >= 0.6 is 11.6 Å². The van der Waals surface area contributed by atoms with Crippen molar-refractivity contribution < 1.29 is 0 Å². The molecule has 1 saturated heterocycles. The number of likely N-dealkylation sites (tertiary alicyclic amines) is 1. The Bertz CT molecular complexity index is 60.9. The van der Waals surface area contributed by atoms with Crippen LogP contribution in [0.1, 0.15) is 40.0 Å². The molecule has 1 nitrogen and oxygen atoms in total. The Labute approximate surface area is 83.1 Å². The first kappa shape index (κ1) is 14.8. The van der Waals surface area contributed by atoms with E-state index in [1.165, 1.54) is 45.3 Å². The van der Waals surface area contributed by atoms with Crippen LogP contribution in [0.3, 0.4) is 0 Å². The third-order valence-corrected chi connectivity index (χ3v) is 1.90. The highest BCUT2D eigenvalue weighted by Crippen LogP contribution is 2.06. The number of halogens is 1. The molecule has 1 aliphatic rings. The zero-order chi connectivity index (χ0) is 9.82. The van der Waals surface area contributed by atoms with Gasteiger partial charge in [0.2, 0.25) is 0 Å². The highest BCUT2D eigenvalue weighted by Gasteiger charge is 2.05. The summed E-state index contributed by atoms with van der Waals surface area (Å²) in [7, 11) is 0. The molecule has 1 rings (SSSR count). The fraction of sp³-hybridized carbons (Fsp3) is 1.00. The third-order valence-electron chi connectivity index (χ3n) is 1.90. The van der Waals surface area contributed by atoms with Gasteiger partial charge >= 0.3 is 0 Å². The van der Waals surface area contributed by atoms with Crippen LogP contribution in [0.25, 0.3) is 0 Å². The van der Waals surface area contributed by atoms with E-state index in [-0.39, 0.29) is 0 Å². The Hall–Kier alpha value is 0.250. The SMILES string of the molecule is CC.CCN1CCCCC1.CCl. The van der Waals surface area contributed by atoms with Crippen molar-refractivity contribution in [1.29, 1.82) is 0 Å². The average molecular weight is 194 g/mol. The molecule has 1 fully saturated rings. The number of hydrogen-bond acceptors (Lipinski definition) is 1. The second-order valence-electron chi connectivity index (χ2n) is 2.49. The number of piperidine rings is 1. The van der Waals surface area contributed by atoms with Crippen LogP contribution in [0, 0.1) is 0 Å². The van der Waals surface area contributed by atoms with E-state index in [0.717, 1.165) is 0 Å². The molecule has 0 saturated carbocycles. The average Bonchev–Trinajstić information content (AvgIpc) is 2.25. The minimum atomic E-state index is 1.25. The van der Waals surface area contributed by atoms with E-state index in [2.05, 4.69) is 23.4 Å². The monoisotopic (exact) mass is 193 g/mol. The summed E-state index contributed by atoms with van der Waals surface area (Å²) in [6.07, 6.45) is 5.78. The molecule has 0 spiro atoms. The molecule has 0 aromatic rings. The highest BCUT2D eigenvalue weighted by atomic mass is 35.5. The Morgan fingerprint density at radius 3 is 1.67 bits per heavy atom. The van der Waals surface area contributed by atoms with E-state index in [9.17, 15) is 0 Å². The molecule has 76 valence electrons. The standard InChI is InChI=1S/C7H15N.C2H6.CH3Cl/c1-2-8-6-4-3-5-7-8;2*1-2/h2-7H2,1H3;1-2H3;1H3. The van der Waals surface area contributed by atoms with Crippen LogP contribution in [0.2, 0.25) is 0 Å². The molecule has 0 atom stereocenters. The predicted octanol–water partition coefficient (Wildman–Crippen LogP) is 3.37. The molecule has 1 aliphatic heterocycles. The van der Waals surface area contributed by atoms with Gasteiger partial charge in [0.05, 0.1) is 0 Å². The summed E-state index contributed by atoms with van der Waals surface area (Å²) in [4.78, 5) is 2.52. The van der Waals surface area contributed by atoms with Gasteiger partial charge in [0.25, 0.3) is 0 Å². The quantitative estimate of drug-likeness (QED) is 0.578. The maximum Gasteiger partial charge on any atom is 0.0108 e. The van der Waals surface area contributed by atoms with Crippen LogP contribution in [0.5, 0.6) is 0 Å². The molecule has 0 aromatic carbocycles. The van der Waals surface area contributed by atoms with E-state index in [1.54, 1.807) is 0 Å². The van der Waals surface area contributed by atoms with Crippen molar-refractivity contribution in [3.05, 3.63) is 0 Å². The van der Waals surface area contributed by atoms with E-state index >= 15 is 0 Å². The summed E-state index contributed by atoms with van der Waals surface area (Å²) >= 11 is 4.64. The largest absolute Gasteiger partial charge is 0.304 e. The fourth-order valence-corrected chi connectivity index (χ4v) is 1.28. The predicted molar refractivity (Wildman–Crippen MR) is 59.1 cm³/mol. The van der Waals surface area contributed by atoms with Gasteiger partial charge in [-0.05, 0) is 32.5 Å². The van der Waals surface area contributed by atoms with Gasteiger partial charge in [0.1, 0.15) is 0 Å². The number of alkyl halides is 1. The van der Waals surface area contributed by atoms with Crippen LogP contribution in [-0.4, -0.2) is 30.9 Å². The van der Waals surface area contributed by atoms with E-state index < -0.39 is 0 Å². The molecule has 0 radical (unpaired) electrons. The lowest BCUT2D eigenvalue weighted by Gasteiger charge is -2.24. The van der Waals surface area contributed by atoms with Crippen molar-refractivity contribution in [2.45, 2.75) is 40.0 Å². The number of rotatable bonds is 1. The van der Waals surface area contributed by atoms with Crippen LogP contribution in [-0.2, 0) is 0 Å². The molecule has 0 N–H and O–H groups in total. The molecule has 0 aromatic heterocycles. The lowest BCUT2D eigenvalue weighted by molar-refractivity contribution is 0.240. The highest BCUT2D eigenvalue weighted by molar-refractivity contribution is 6.15. The smallest absolute Gasteiger partial charge is 0.0108 e. The van der Waals surface area contributed by atoms with E-state index in [4.69, 9.17) is 0 Å². The van der Waals surface area contributed by atoms with Crippen molar-refractivity contribution in [2.24, 2.45) is 0 Å². The molecular weight excluding hydrogens is 170 g/mol. The summed E-state index contributed by atoms with van der Waals surface area (Å²) in [5.74, 6) is 0. The van der Waals surface area contributed by atoms with Crippen molar-refractivity contribution >= 4 is 11.6 Å². The molecule has 0 bridgehead atoms. The van der Waals surface area contributed by atoms with Crippen molar-refractivity contribution in [3.63, 3.8) is 0 Å². The lowest BCUT2D eigenvalue weighted by Crippen LogP contribution is -2.29. The normalized spacial score (nSPS) is 16.8. The minimum absolute atomic E-state index is 1.25. The summed E-state index contributed by atoms with van der Waals surface area (Å²) in [6, 6.07) is 0. The maximum atomic E-state index is 4.64. The molecule has 0 amide bonds. The van der Waals surface area contributed by atoms with E-state index in [0.29, 0.717) is 0 Å². The maximum absolute atomic E-state index is 4.64. The van der Waals surface area contributed by atoms with Gasteiger partial charge in [-0.1, -0.05) is 27.2 Å². The topological polar surface area (TPSA) is 3.24 Å². The molecule has 0 aliphatic carbocycles. The van der Waals surface area contributed by atoms with E-state index in [1.807, 2.05) is 13.8 Å². The number of nitrogens with zero attached hydrogens (tertiary/aromatic N) is 1. The van der Waals surface area contributed by atoms with Gasteiger partial charge in [0.15, 0.2) is 0 Å². The van der Waals surface area contributed by atoms with Crippen molar-refractivity contribution in [3.8, 4) is 0 Å². The van der Waals surface area contributed by atoms with Gasteiger partial charge in [-0.3, -0.25) is 0 Å². The van der Waals surface area contributed by atoms with Crippen LogP contribution in [0.15, 0.2) is 0 Å². The fourth-order valence-electron chi connectivity index (χ4n) is 1.28.